The number of nitrogens with one attached hydrogen (secondary N) is 1. The van der Waals surface area contributed by atoms with E-state index in [9.17, 15) is 0 Å². The molecule has 3 N–H and O–H groups in total. The average molecular weight is 283 g/mol. The van der Waals surface area contributed by atoms with Crippen molar-refractivity contribution in [2.45, 2.75) is 6.92 Å². The number of thiazole rings is 1. The molecule has 0 radical (unpaired) electrons. The Kier molecular flexibility index (Phi) is 3.30. The maximum absolute atomic E-state index is 5.59. The smallest absolute Gasteiger partial charge is 0.220 e. The molecule has 0 saturated heterocycles. The highest BCUT2D eigenvalue weighted by Gasteiger charge is 2.06. The largest absolute Gasteiger partial charge is 0.368 e. The van der Waals surface area contributed by atoms with Gasteiger partial charge in [-0.2, -0.15) is 0 Å². The summed E-state index contributed by atoms with van der Waals surface area (Å²) < 4.78 is 0. The number of nitrogen functional groups attached to an aromatic ring is 1. The molecule has 0 aliphatic rings. The van der Waals surface area contributed by atoms with E-state index >= 15 is 0 Å². The fourth-order valence-electron chi connectivity index (χ4n) is 1.81. The van der Waals surface area contributed by atoms with Crippen LogP contribution < -0.4 is 11.1 Å². The predicted molar refractivity (Wildman–Crippen MR) is 82.0 cm³/mol. The maximum Gasteiger partial charge on any atom is 0.220 e. The van der Waals surface area contributed by atoms with Gasteiger partial charge in [0.05, 0.1) is 10.6 Å². The molecule has 3 aromatic rings. The summed E-state index contributed by atoms with van der Waals surface area (Å²) in [6, 6.07) is 9.97. The van der Waals surface area contributed by atoms with E-state index in [0.29, 0.717) is 0 Å². The lowest BCUT2D eigenvalue weighted by molar-refractivity contribution is 1.19. The third-order valence-corrected chi connectivity index (χ3v) is 3.64. The van der Waals surface area contributed by atoms with Crippen molar-refractivity contribution in [2.75, 3.05) is 11.1 Å². The zero-order valence-electron chi connectivity index (χ0n) is 10.9. The van der Waals surface area contributed by atoms with Crippen LogP contribution in [0.4, 0.5) is 16.8 Å². The van der Waals surface area contributed by atoms with Gasteiger partial charge in [0.15, 0.2) is 5.13 Å². The van der Waals surface area contributed by atoms with Crippen LogP contribution in [-0.2, 0) is 0 Å². The summed E-state index contributed by atoms with van der Waals surface area (Å²) in [5.74, 6) is 0.268. The molecule has 0 saturated carbocycles. The van der Waals surface area contributed by atoms with Crippen molar-refractivity contribution < 1.29 is 0 Å². The van der Waals surface area contributed by atoms with E-state index in [4.69, 9.17) is 5.73 Å². The Bertz CT molecular complexity index is 738. The van der Waals surface area contributed by atoms with E-state index in [2.05, 4.69) is 39.3 Å². The van der Waals surface area contributed by atoms with Gasteiger partial charge < -0.3 is 11.1 Å². The second-order valence-electron chi connectivity index (χ2n) is 4.32. The molecule has 0 fully saturated rings. The fraction of sp³-hybridized carbons (Fsp3) is 0.0714. The third-order valence-electron chi connectivity index (χ3n) is 2.70. The normalized spacial score (nSPS) is 10.4. The number of aryl methyl sites for hydroxylation is 1. The highest BCUT2D eigenvalue weighted by atomic mass is 32.1. The number of benzene rings is 1. The minimum atomic E-state index is 0.268. The fourth-order valence-corrected chi connectivity index (χ4v) is 2.61. The van der Waals surface area contributed by atoms with Crippen LogP contribution >= 0.6 is 11.3 Å². The monoisotopic (exact) mass is 283 g/mol. The molecule has 0 atom stereocenters. The molecule has 20 heavy (non-hydrogen) atoms. The first-order chi connectivity index (χ1) is 9.70. The van der Waals surface area contributed by atoms with Gasteiger partial charge >= 0.3 is 0 Å². The Morgan fingerprint density at radius 1 is 1.20 bits per heavy atom. The number of rotatable bonds is 3. The van der Waals surface area contributed by atoms with Crippen LogP contribution in [0.2, 0.25) is 0 Å². The van der Waals surface area contributed by atoms with Crippen LogP contribution in [0.3, 0.4) is 0 Å². The molecule has 0 unspecified atom stereocenters. The number of nitrogens with zero attached hydrogens (tertiary/aromatic N) is 3. The lowest BCUT2D eigenvalue weighted by Gasteiger charge is -2.02. The Hall–Kier alpha value is -2.47. The number of hydrogen-bond donors (Lipinski definition) is 2. The molecule has 1 aromatic carbocycles. The predicted octanol–water partition coefficient (Wildman–Crippen LogP) is 3.23. The molecule has 5 nitrogen and oxygen atoms in total. The zero-order valence-corrected chi connectivity index (χ0v) is 11.7. The van der Waals surface area contributed by atoms with Crippen molar-refractivity contribution in [1.29, 1.82) is 0 Å². The van der Waals surface area contributed by atoms with Gasteiger partial charge in [0.2, 0.25) is 5.95 Å². The number of nitrogens with two attached hydrogens (primary N) is 1. The molecule has 2 aromatic heterocycles. The molecular formula is C14H13N5S. The van der Waals surface area contributed by atoms with Gasteiger partial charge in [0.25, 0.3) is 0 Å². The molecule has 0 amide bonds. The van der Waals surface area contributed by atoms with E-state index in [0.717, 1.165) is 21.4 Å². The van der Waals surface area contributed by atoms with E-state index in [1.165, 1.54) is 16.9 Å². The van der Waals surface area contributed by atoms with E-state index in [-0.39, 0.29) is 5.95 Å². The minimum absolute atomic E-state index is 0.268. The lowest BCUT2D eigenvalue weighted by atomic mass is 10.2. The van der Waals surface area contributed by atoms with Crippen molar-refractivity contribution in [1.82, 2.24) is 15.0 Å². The van der Waals surface area contributed by atoms with Crippen molar-refractivity contribution in [3.8, 4) is 10.6 Å². The van der Waals surface area contributed by atoms with Gasteiger partial charge in [0, 0.05) is 18.1 Å². The first kappa shape index (κ1) is 12.6. The van der Waals surface area contributed by atoms with Gasteiger partial charge in [-0.1, -0.05) is 23.5 Å². The van der Waals surface area contributed by atoms with E-state index < -0.39 is 0 Å². The summed E-state index contributed by atoms with van der Waals surface area (Å²) in [6.07, 6.45) is 3.43. The van der Waals surface area contributed by atoms with Crippen LogP contribution in [-0.4, -0.2) is 15.0 Å². The van der Waals surface area contributed by atoms with Crippen LogP contribution in [0.25, 0.3) is 10.6 Å². The molecule has 100 valence electrons. The van der Waals surface area contributed by atoms with Gasteiger partial charge in [-0.05, 0) is 30.7 Å². The van der Waals surface area contributed by atoms with Crippen LogP contribution in [0, 0.1) is 6.92 Å². The van der Waals surface area contributed by atoms with Gasteiger partial charge in [-0.3, -0.25) is 0 Å². The van der Waals surface area contributed by atoms with Crippen molar-refractivity contribution >= 4 is 28.1 Å². The van der Waals surface area contributed by atoms with Gasteiger partial charge in [-0.25, -0.2) is 15.0 Å². The summed E-state index contributed by atoms with van der Waals surface area (Å²) in [5, 5.41) is 4.10. The number of aromatic nitrogens is 3. The minimum Gasteiger partial charge on any atom is -0.368 e. The van der Waals surface area contributed by atoms with Crippen LogP contribution in [0.15, 0.2) is 42.7 Å². The van der Waals surface area contributed by atoms with E-state index in [1.54, 1.807) is 12.4 Å². The quantitative estimate of drug-likeness (QED) is 0.771. The summed E-state index contributed by atoms with van der Waals surface area (Å²) >= 11 is 1.53. The van der Waals surface area contributed by atoms with Gasteiger partial charge in [0.1, 0.15) is 0 Å². The molecule has 6 heteroatoms. The van der Waals surface area contributed by atoms with Crippen molar-refractivity contribution in [3.63, 3.8) is 0 Å². The van der Waals surface area contributed by atoms with E-state index in [1.807, 2.05) is 18.2 Å². The SMILES string of the molecule is Cc1cccc(Nc2ncc(-c3ccnc(N)n3)s2)c1. The molecule has 0 aliphatic heterocycles. The van der Waals surface area contributed by atoms with Crippen LogP contribution in [0.5, 0.6) is 0 Å². The maximum atomic E-state index is 5.59. The summed E-state index contributed by atoms with van der Waals surface area (Å²) in [4.78, 5) is 13.4. The Morgan fingerprint density at radius 2 is 2.10 bits per heavy atom. The topological polar surface area (TPSA) is 76.7 Å². The Balaban J connectivity index is 1.84. The van der Waals surface area contributed by atoms with Crippen LogP contribution in [0.1, 0.15) is 5.56 Å². The first-order valence-corrected chi connectivity index (χ1v) is 6.91. The molecule has 0 bridgehead atoms. The summed E-state index contributed by atoms with van der Waals surface area (Å²) in [6.45, 7) is 2.06. The first-order valence-electron chi connectivity index (χ1n) is 6.09. The molecule has 3 rings (SSSR count). The average Bonchev–Trinajstić information content (AvgIpc) is 2.87. The summed E-state index contributed by atoms with van der Waals surface area (Å²) in [5.41, 5.74) is 8.60. The van der Waals surface area contributed by atoms with Gasteiger partial charge in [-0.15, -0.1) is 0 Å². The molecule has 2 heterocycles. The molecule has 0 aliphatic carbocycles. The van der Waals surface area contributed by atoms with Crippen molar-refractivity contribution in [2.24, 2.45) is 0 Å². The highest BCUT2D eigenvalue weighted by Crippen LogP contribution is 2.29. The zero-order chi connectivity index (χ0) is 13.9. The number of anilines is 3. The second-order valence-corrected chi connectivity index (χ2v) is 5.35. The number of hydrogen-bond acceptors (Lipinski definition) is 6. The Morgan fingerprint density at radius 3 is 2.90 bits per heavy atom. The molecule has 0 spiro atoms. The summed E-state index contributed by atoms with van der Waals surface area (Å²) in [7, 11) is 0. The Labute approximate surface area is 120 Å². The van der Waals surface area contributed by atoms with Crippen molar-refractivity contribution in [3.05, 3.63) is 48.3 Å². The highest BCUT2D eigenvalue weighted by molar-refractivity contribution is 7.18. The third kappa shape index (κ3) is 2.75. The second kappa shape index (κ2) is 5.26. The lowest BCUT2D eigenvalue weighted by Crippen LogP contribution is -1.94. The standard InChI is InChI=1S/C14H13N5S/c1-9-3-2-4-10(7-9)18-14-17-8-12(20-14)11-5-6-16-13(15)19-11/h2-8H,1H3,(H,17,18)(H2,15,16,19). The molecular weight excluding hydrogens is 270 g/mol.